The molecule has 0 aliphatic carbocycles. The highest BCUT2D eigenvalue weighted by molar-refractivity contribution is 7.27. The van der Waals surface area contributed by atoms with Crippen molar-refractivity contribution in [2.45, 2.75) is 0 Å². The molecule has 0 N–H and O–H groups in total. The van der Waals surface area contributed by atoms with E-state index in [0.29, 0.717) is 0 Å². The van der Waals surface area contributed by atoms with Crippen molar-refractivity contribution in [3.05, 3.63) is 182 Å². The van der Waals surface area contributed by atoms with Gasteiger partial charge in [0, 0.05) is 43.7 Å². The number of nitrogens with zero attached hydrogens (tertiary/aromatic N) is 2. The highest BCUT2D eigenvalue weighted by Crippen LogP contribution is 2.48. The van der Waals surface area contributed by atoms with Gasteiger partial charge in [0.1, 0.15) is 0 Å². The van der Waals surface area contributed by atoms with Crippen molar-refractivity contribution >= 4 is 59.6 Å². The van der Waals surface area contributed by atoms with Crippen molar-refractivity contribution in [2.75, 3.05) is 4.90 Å². The van der Waals surface area contributed by atoms with Gasteiger partial charge in [-0.15, -0.1) is 11.3 Å². The Balaban J connectivity index is 1.26. The number of thiophene rings is 1. The number of rotatable bonds is 6. The molecule has 0 aliphatic rings. The van der Waals surface area contributed by atoms with Crippen molar-refractivity contribution in [1.82, 2.24) is 4.57 Å². The fourth-order valence-corrected chi connectivity index (χ4v) is 8.23. The van der Waals surface area contributed by atoms with Gasteiger partial charge in [-0.05, 0) is 59.7 Å². The number of benzene rings is 7. The topological polar surface area (TPSA) is 8.17 Å². The predicted octanol–water partition coefficient (Wildman–Crippen LogP) is 12.8. The van der Waals surface area contributed by atoms with E-state index in [0.717, 1.165) is 17.1 Å². The Morgan fingerprint density at radius 1 is 0.404 bits per heavy atom. The predicted molar refractivity (Wildman–Crippen MR) is 202 cm³/mol. The molecule has 0 amide bonds. The summed E-state index contributed by atoms with van der Waals surface area (Å²) in [5.74, 6) is 0. The van der Waals surface area contributed by atoms with Crippen LogP contribution in [-0.4, -0.2) is 4.57 Å². The Morgan fingerprint density at radius 3 is 1.77 bits per heavy atom. The number of fused-ring (bicyclic) bond motifs is 5. The molecule has 2 nitrogen and oxygen atoms in total. The molecule has 0 spiro atoms. The fraction of sp³-hybridized carbons (Fsp3) is 0. The van der Waals surface area contributed by atoms with Gasteiger partial charge in [-0.25, -0.2) is 0 Å². The zero-order chi connectivity index (χ0) is 31.2. The molecule has 7 aromatic carbocycles. The Hall–Kier alpha value is -5.90. The van der Waals surface area contributed by atoms with E-state index in [-0.39, 0.29) is 0 Å². The lowest BCUT2D eigenvalue weighted by molar-refractivity contribution is 1.19. The summed E-state index contributed by atoms with van der Waals surface area (Å²) in [5.41, 5.74) is 11.9. The van der Waals surface area contributed by atoms with Crippen molar-refractivity contribution in [1.29, 1.82) is 0 Å². The first kappa shape index (κ1) is 27.4. The third-order valence-electron chi connectivity index (χ3n) is 9.00. The number of hydrogen-bond acceptors (Lipinski definition) is 2. The molecule has 3 heteroatoms. The molecular weight excluding hydrogens is 589 g/mol. The Morgan fingerprint density at radius 2 is 0.979 bits per heavy atom. The number of aromatic nitrogens is 1. The molecule has 222 valence electrons. The maximum absolute atomic E-state index is 2.43. The molecule has 0 saturated carbocycles. The third-order valence-corrected chi connectivity index (χ3v) is 10.3. The van der Waals surface area contributed by atoms with Gasteiger partial charge in [0.2, 0.25) is 0 Å². The zero-order valence-electron chi connectivity index (χ0n) is 25.6. The normalized spacial score (nSPS) is 11.4. The third kappa shape index (κ3) is 4.63. The zero-order valence-corrected chi connectivity index (χ0v) is 26.4. The SMILES string of the molecule is c1ccc(-c2ccc(N(c3ccccc3)c3ccccc3-c3cccc4c3sc3c5ccccc5n(-c5ccccc5)c43)cc2)cc1. The molecule has 9 aromatic rings. The van der Waals surface area contributed by atoms with Crippen LogP contribution < -0.4 is 4.90 Å². The average Bonchev–Trinajstić information content (AvgIpc) is 3.69. The first-order valence-electron chi connectivity index (χ1n) is 16.0. The van der Waals surface area contributed by atoms with Crippen LogP contribution in [0.25, 0.3) is 59.1 Å². The second-order valence-corrected chi connectivity index (χ2v) is 12.8. The molecule has 0 unspecified atom stereocenters. The van der Waals surface area contributed by atoms with E-state index in [4.69, 9.17) is 0 Å². The highest BCUT2D eigenvalue weighted by Gasteiger charge is 2.22. The minimum absolute atomic E-state index is 1.12. The lowest BCUT2D eigenvalue weighted by Gasteiger charge is -2.28. The molecule has 47 heavy (non-hydrogen) atoms. The van der Waals surface area contributed by atoms with Crippen molar-refractivity contribution in [3.63, 3.8) is 0 Å². The van der Waals surface area contributed by atoms with Crippen LogP contribution in [0.4, 0.5) is 17.1 Å². The summed E-state index contributed by atoms with van der Waals surface area (Å²) < 4.78 is 5.05. The van der Waals surface area contributed by atoms with Gasteiger partial charge in [-0.2, -0.15) is 0 Å². The van der Waals surface area contributed by atoms with Crippen LogP contribution in [0.3, 0.4) is 0 Å². The van der Waals surface area contributed by atoms with Crippen LogP contribution in [0.5, 0.6) is 0 Å². The molecular formula is C44H30N2S. The van der Waals surface area contributed by atoms with Gasteiger partial charge in [0.25, 0.3) is 0 Å². The maximum atomic E-state index is 2.43. The van der Waals surface area contributed by atoms with Crippen molar-refractivity contribution < 1.29 is 0 Å². The van der Waals surface area contributed by atoms with E-state index in [9.17, 15) is 0 Å². The number of anilines is 3. The second kappa shape index (κ2) is 11.5. The fourth-order valence-electron chi connectivity index (χ4n) is 6.88. The smallest absolute Gasteiger partial charge is 0.0727 e. The Bertz CT molecular complexity index is 2490. The maximum Gasteiger partial charge on any atom is 0.0727 e. The van der Waals surface area contributed by atoms with Crippen LogP contribution in [-0.2, 0) is 0 Å². The van der Waals surface area contributed by atoms with Crippen LogP contribution in [0.15, 0.2) is 182 Å². The van der Waals surface area contributed by atoms with Gasteiger partial charge in [-0.3, -0.25) is 0 Å². The molecule has 2 aromatic heterocycles. The summed E-state index contributed by atoms with van der Waals surface area (Å²) in [5, 5.41) is 2.56. The first-order chi connectivity index (χ1) is 23.3. The molecule has 9 rings (SSSR count). The molecule has 2 heterocycles. The van der Waals surface area contributed by atoms with E-state index in [1.807, 2.05) is 11.3 Å². The summed E-state index contributed by atoms with van der Waals surface area (Å²) in [6.07, 6.45) is 0. The summed E-state index contributed by atoms with van der Waals surface area (Å²) in [6, 6.07) is 65.3. The molecule has 0 radical (unpaired) electrons. The minimum atomic E-state index is 1.12. The Kier molecular flexibility index (Phi) is 6.69. The van der Waals surface area contributed by atoms with Crippen LogP contribution in [0, 0.1) is 0 Å². The van der Waals surface area contributed by atoms with Gasteiger partial charge >= 0.3 is 0 Å². The lowest BCUT2D eigenvalue weighted by atomic mass is 9.99. The molecule has 0 fully saturated rings. The average molecular weight is 619 g/mol. The van der Waals surface area contributed by atoms with Gasteiger partial charge < -0.3 is 9.47 Å². The van der Waals surface area contributed by atoms with E-state index < -0.39 is 0 Å². The van der Waals surface area contributed by atoms with Crippen LogP contribution in [0.2, 0.25) is 0 Å². The van der Waals surface area contributed by atoms with Crippen LogP contribution >= 0.6 is 11.3 Å². The summed E-state index contributed by atoms with van der Waals surface area (Å²) in [7, 11) is 0. The largest absolute Gasteiger partial charge is 0.310 e. The van der Waals surface area contributed by atoms with Gasteiger partial charge in [-0.1, -0.05) is 133 Å². The minimum Gasteiger partial charge on any atom is -0.310 e. The first-order valence-corrected chi connectivity index (χ1v) is 16.8. The van der Waals surface area contributed by atoms with Gasteiger partial charge in [0.15, 0.2) is 0 Å². The second-order valence-electron chi connectivity index (χ2n) is 11.8. The van der Waals surface area contributed by atoms with Crippen molar-refractivity contribution in [2.24, 2.45) is 0 Å². The summed E-state index contributed by atoms with van der Waals surface area (Å²) in [6.45, 7) is 0. The molecule has 0 atom stereocenters. The molecule has 0 saturated heterocycles. The van der Waals surface area contributed by atoms with E-state index in [2.05, 4.69) is 191 Å². The van der Waals surface area contributed by atoms with E-state index in [1.54, 1.807) is 0 Å². The summed E-state index contributed by atoms with van der Waals surface area (Å²) in [4.78, 5) is 2.38. The lowest BCUT2D eigenvalue weighted by Crippen LogP contribution is -2.11. The molecule has 0 bridgehead atoms. The summed E-state index contributed by atoms with van der Waals surface area (Å²) >= 11 is 1.90. The number of hydrogen-bond donors (Lipinski definition) is 0. The highest BCUT2D eigenvalue weighted by atomic mass is 32.1. The quantitative estimate of drug-likeness (QED) is 0.180. The number of para-hydroxylation sites is 4. The van der Waals surface area contributed by atoms with Gasteiger partial charge in [0.05, 0.1) is 21.4 Å². The standard InChI is InChI=1S/C44H30N2S/c1-4-15-31(16-5-1)32-27-29-35(30-28-32)45(33-17-6-2-7-18-33)40-25-12-10-21-36(40)37-23-14-24-39-42-44(47-43(37)39)38-22-11-13-26-41(38)46(42)34-19-8-3-9-20-34/h1-30H. The van der Waals surface area contributed by atoms with E-state index >= 15 is 0 Å². The molecule has 0 aliphatic heterocycles. The van der Waals surface area contributed by atoms with Crippen molar-refractivity contribution in [3.8, 4) is 27.9 Å². The van der Waals surface area contributed by atoms with E-state index in [1.165, 1.54) is 59.1 Å². The Labute approximate surface area is 278 Å². The monoisotopic (exact) mass is 618 g/mol. The van der Waals surface area contributed by atoms with Crippen LogP contribution in [0.1, 0.15) is 0 Å².